The van der Waals surface area contributed by atoms with Gasteiger partial charge < -0.3 is 0 Å². The Labute approximate surface area is 158 Å². The molecule has 0 N–H and O–H groups in total. The molecule has 3 aromatic heterocycles. The third kappa shape index (κ3) is 2.27. The van der Waals surface area contributed by atoms with Gasteiger partial charge in [0.05, 0.1) is 22.5 Å². The lowest BCUT2D eigenvalue weighted by atomic mass is 9.75. The number of nitrogens with zero attached hydrogens (tertiary/aromatic N) is 3. The molecule has 0 saturated carbocycles. The van der Waals surface area contributed by atoms with Crippen LogP contribution in [-0.2, 0) is 12.8 Å². The summed E-state index contributed by atoms with van der Waals surface area (Å²) in [6, 6.07) is 4.02. The molecule has 3 aromatic rings. The fourth-order valence-corrected chi connectivity index (χ4v) is 5.06. The fraction of sp³-hybridized carbons (Fsp3) is 0.500. The number of aromatic nitrogens is 3. The molecule has 0 bridgehead atoms. The molecule has 0 saturated heterocycles. The molecule has 5 rings (SSSR count). The molecular weight excluding hydrogens is 338 g/mol. The van der Waals surface area contributed by atoms with Crippen LogP contribution >= 0.6 is 0 Å². The first kappa shape index (κ1) is 16.7. The summed E-state index contributed by atoms with van der Waals surface area (Å²) in [5.74, 6) is 0.333. The Kier molecular flexibility index (Phi) is 3.03. The lowest BCUT2D eigenvalue weighted by Crippen LogP contribution is -2.30. The van der Waals surface area contributed by atoms with E-state index in [1.807, 2.05) is 17.5 Å². The molecule has 0 amide bonds. The van der Waals surface area contributed by atoms with E-state index in [4.69, 9.17) is 5.10 Å². The third-order valence-electron chi connectivity index (χ3n) is 6.09. The van der Waals surface area contributed by atoms with E-state index in [0.717, 1.165) is 52.2 Å². The molecule has 0 spiro atoms. The molecule has 27 heavy (non-hydrogen) atoms. The summed E-state index contributed by atoms with van der Waals surface area (Å²) >= 11 is 0. The van der Waals surface area contributed by atoms with E-state index in [-0.39, 0.29) is 22.4 Å². The van der Waals surface area contributed by atoms with E-state index in [0.29, 0.717) is 12.8 Å². The fourth-order valence-electron chi connectivity index (χ4n) is 5.06. The molecular formula is C22H25N3O2. The highest BCUT2D eigenvalue weighted by Crippen LogP contribution is 2.41. The van der Waals surface area contributed by atoms with Gasteiger partial charge in [-0.3, -0.25) is 14.0 Å². The van der Waals surface area contributed by atoms with Gasteiger partial charge in [-0.2, -0.15) is 5.10 Å². The first-order valence-electron chi connectivity index (χ1n) is 9.68. The standard InChI is InChI=1S/C22H25N3O2/c1-12-6-19-24-14(7-13-15(24)8-21(2,3)10-17(13)26)20-16(25(19)23-12)9-22(4,5)11-18(20)27/h6-7H,8-11H2,1-5H3. The molecule has 0 fully saturated rings. The highest BCUT2D eigenvalue weighted by atomic mass is 16.1. The summed E-state index contributed by atoms with van der Waals surface area (Å²) in [5.41, 5.74) is 6.14. The average molecular weight is 363 g/mol. The van der Waals surface area contributed by atoms with Crippen molar-refractivity contribution in [2.24, 2.45) is 10.8 Å². The van der Waals surface area contributed by atoms with E-state index in [1.54, 1.807) is 0 Å². The van der Waals surface area contributed by atoms with Crippen molar-refractivity contribution < 1.29 is 9.59 Å². The van der Waals surface area contributed by atoms with E-state index in [2.05, 4.69) is 38.2 Å². The van der Waals surface area contributed by atoms with Gasteiger partial charge in [-0.1, -0.05) is 27.7 Å². The van der Waals surface area contributed by atoms with Crippen LogP contribution in [0, 0.1) is 17.8 Å². The van der Waals surface area contributed by atoms with E-state index in [9.17, 15) is 9.59 Å². The Hall–Kier alpha value is -2.43. The van der Waals surface area contributed by atoms with Gasteiger partial charge in [0.1, 0.15) is 5.65 Å². The molecule has 0 atom stereocenters. The molecule has 0 aromatic carbocycles. The van der Waals surface area contributed by atoms with E-state index >= 15 is 0 Å². The molecule has 0 aliphatic heterocycles. The van der Waals surface area contributed by atoms with Gasteiger partial charge in [-0.15, -0.1) is 0 Å². The zero-order chi connectivity index (χ0) is 19.3. The van der Waals surface area contributed by atoms with Crippen LogP contribution in [0.1, 0.15) is 78.3 Å². The smallest absolute Gasteiger partial charge is 0.167 e. The summed E-state index contributed by atoms with van der Waals surface area (Å²) in [6.07, 6.45) is 2.70. The zero-order valence-corrected chi connectivity index (χ0v) is 16.6. The molecule has 5 nitrogen and oxygen atoms in total. The Balaban J connectivity index is 1.96. The van der Waals surface area contributed by atoms with Crippen LogP contribution in [0.5, 0.6) is 0 Å². The monoisotopic (exact) mass is 363 g/mol. The van der Waals surface area contributed by atoms with Crippen LogP contribution < -0.4 is 0 Å². The number of Topliss-reactive ketones (excluding diaryl/α,β-unsaturated/α-hetero) is 2. The van der Waals surface area contributed by atoms with E-state index < -0.39 is 0 Å². The van der Waals surface area contributed by atoms with Crippen LogP contribution in [0.2, 0.25) is 0 Å². The molecule has 3 heterocycles. The van der Waals surface area contributed by atoms with E-state index in [1.165, 1.54) is 0 Å². The largest absolute Gasteiger partial charge is 0.297 e. The summed E-state index contributed by atoms with van der Waals surface area (Å²) in [7, 11) is 0. The Morgan fingerprint density at radius 1 is 0.889 bits per heavy atom. The van der Waals surface area contributed by atoms with Crippen molar-refractivity contribution >= 4 is 22.7 Å². The van der Waals surface area contributed by atoms with Crippen molar-refractivity contribution in [1.29, 1.82) is 0 Å². The maximum Gasteiger partial charge on any atom is 0.167 e. The van der Waals surface area contributed by atoms with Gasteiger partial charge >= 0.3 is 0 Å². The number of fused-ring (bicyclic) bond motifs is 8. The number of aryl methyl sites for hydroxylation is 1. The predicted molar refractivity (Wildman–Crippen MR) is 104 cm³/mol. The lowest BCUT2D eigenvalue weighted by molar-refractivity contribution is 0.0902. The SMILES string of the molecule is Cc1cc2n(n1)c1c(c3cc4c(n32)CC(C)(C)CC4=O)C(=O)CC(C)(C)C1. The van der Waals surface area contributed by atoms with Gasteiger partial charge in [0.2, 0.25) is 0 Å². The number of rotatable bonds is 0. The van der Waals surface area contributed by atoms with Crippen LogP contribution in [0.25, 0.3) is 11.2 Å². The number of hydrogen-bond donors (Lipinski definition) is 0. The maximum absolute atomic E-state index is 13.1. The van der Waals surface area contributed by atoms with Gasteiger partial charge in [-0.05, 0) is 36.7 Å². The van der Waals surface area contributed by atoms with Gasteiger partial charge in [0.25, 0.3) is 0 Å². The number of hydrogen-bond acceptors (Lipinski definition) is 3. The Bertz CT molecular complexity index is 1170. The quantitative estimate of drug-likeness (QED) is 0.601. The minimum absolute atomic E-state index is 0.0771. The first-order valence-corrected chi connectivity index (χ1v) is 9.68. The van der Waals surface area contributed by atoms with Crippen LogP contribution in [-0.4, -0.2) is 25.6 Å². The number of carbonyl (C=O) groups excluding carboxylic acids is 2. The first-order chi connectivity index (χ1) is 12.6. The summed E-state index contributed by atoms with van der Waals surface area (Å²) in [4.78, 5) is 26.0. The van der Waals surface area contributed by atoms with Crippen molar-refractivity contribution in [3.63, 3.8) is 0 Å². The summed E-state index contributed by atoms with van der Waals surface area (Å²) in [5, 5.41) is 4.72. The predicted octanol–water partition coefficient (Wildman–Crippen LogP) is 4.21. The molecule has 5 heteroatoms. The summed E-state index contributed by atoms with van der Waals surface area (Å²) < 4.78 is 4.08. The molecule has 140 valence electrons. The lowest BCUT2D eigenvalue weighted by Gasteiger charge is -2.31. The zero-order valence-electron chi connectivity index (χ0n) is 16.6. The summed E-state index contributed by atoms with van der Waals surface area (Å²) in [6.45, 7) is 10.5. The highest BCUT2D eigenvalue weighted by Gasteiger charge is 2.38. The number of carbonyl (C=O) groups is 2. The minimum Gasteiger partial charge on any atom is -0.297 e. The number of ketones is 2. The molecule has 2 aliphatic rings. The van der Waals surface area contributed by atoms with Crippen molar-refractivity contribution in [1.82, 2.24) is 14.0 Å². The van der Waals surface area contributed by atoms with Crippen molar-refractivity contribution in [2.75, 3.05) is 0 Å². The van der Waals surface area contributed by atoms with Crippen LogP contribution in [0.15, 0.2) is 12.1 Å². The highest BCUT2D eigenvalue weighted by molar-refractivity contribution is 6.08. The second-order valence-corrected chi connectivity index (χ2v) is 9.98. The van der Waals surface area contributed by atoms with Gasteiger partial charge in [0.15, 0.2) is 11.6 Å². The average Bonchev–Trinajstić information content (AvgIpc) is 3.05. The second kappa shape index (κ2) is 4.89. The Morgan fingerprint density at radius 3 is 2.22 bits per heavy atom. The second-order valence-electron chi connectivity index (χ2n) is 9.98. The third-order valence-corrected chi connectivity index (χ3v) is 6.09. The minimum atomic E-state index is -0.0841. The van der Waals surface area contributed by atoms with Crippen molar-refractivity contribution in [2.45, 2.75) is 60.3 Å². The topological polar surface area (TPSA) is 55.9 Å². The van der Waals surface area contributed by atoms with Crippen molar-refractivity contribution in [3.8, 4) is 0 Å². The normalized spacial score (nSPS) is 20.9. The van der Waals surface area contributed by atoms with Crippen LogP contribution in [0.4, 0.5) is 0 Å². The van der Waals surface area contributed by atoms with Gasteiger partial charge in [0, 0.05) is 30.2 Å². The Morgan fingerprint density at radius 2 is 1.52 bits per heavy atom. The molecule has 2 aliphatic carbocycles. The maximum atomic E-state index is 13.1. The van der Waals surface area contributed by atoms with Crippen LogP contribution in [0.3, 0.4) is 0 Å². The van der Waals surface area contributed by atoms with Gasteiger partial charge in [-0.25, -0.2) is 4.52 Å². The molecule has 0 unspecified atom stereocenters. The molecule has 0 radical (unpaired) electrons. The van der Waals surface area contributed by atoms with Crippen molar-refractivity contribution in [3.05, 3.63) is 40.3 Å².